The molecule has 1 rings (SSSR count). The second-order valence-corrected chi connectivity index (χ2v) is 6.47. The molecule has 0 aromatic rings. The summed E-state index contributed by atoms with van der Waals surface area (Å²) < 4.78 is 0. The molecule has 0 aromatic carbocycles. The molecule has 0 atom stereocenters. The first-order chi connectivity index (χ1) is 9.20. The van der Waals surface area contributed by atoms with E-state index in [1.54, 1.807) is 0 Å². The number of nitrogens with one attached hydrogen (secondary N) is 1. The number of rotatable bonds is 10. The van der Waals surface area contributed by atoms with Crippen LogP contribution in [0.4, 0.5) is 0 Å². The molecule has 2 heteroatoms. The average Bonchev–Trinajstić information content (AvgIpc) is 2.42. The monoisotopic (exact) mass is 269 g/mol. The average molecular weight is 269 g/mol. The lowest BCUT2D eigenvalue weighted by Crippen LogP contribution is -2.41. The Bertz CT molecular complexity index is 209. The Morgan fingerprint density at radius 3 is 2.21 bits per heavy atom. The Labute approximate surface area is 120 Å². The van der Waals surface area contributed by atoms with Gasteiger partial charge >= 0.3 is 0 Å². The summed E-state index contributed by atoms with van der Waals surface area (Å²) in [5.41, 5.74) is -0.338. The van der Waals surface area contributed by atoms with E-state index in [1.807, 2.05) is 0 Å². The Morgan fingerprint density at radius 1 is 0.947 bits per heavy atom. The van der Waals surface area contributed by atoms with E-state index in [-0.39, 0.29) is 5.60 Å². The maximum Gasteiger partial charge on any atom is 0.0649 e. The maximum atomic E-state index is 10.6. The van der Waals surface area contributed by atoms with Gasteiger partial charge in [-0.15, -0.1) is 0 Å². The molecular weight excluding hydrogens is 234 g/mol. The minimum atomic E-state index is -0.338. The van der Waals surface area contributed by atoms with Gasteiger partial charge in [0.25, 0.3) is 0 Å². The second-order valence-electron chi connectivity index (χ2n) is 6.47. The van der Waals surface area contributed by atoms with E-state index in [2.05, 4.69) is 19.2 Å². The van der Waals surface area contributed by atoms with Crippen LogP contribution in [-0.2, 0) is 0 Å². The molecule has 0 saturated heterocycles. The number of hydrogen-bond donors (Lipinski definition) is 2. The van der Waals surface area contributed by atoms with Gasteiger partial charge < -0.3 is 10.4 Å². The number of hydrogen-bond acceptors (Lipinski definition) is 2. The van der Waals surface area contributed by atoms with Crippen LogP contribution in [0.25, 0.3) is 0 Å². The van der Waals surface area contributed by atoms with Gasteiger partial charge in [0.15, 0.2) is 0 Å². The van der Waals surface area contributed by atoms with Crippen LogP contribution in [0.2, 0.25) is 0 Å². The van der Waals surface area contributed by atoms with Crippen molar-refractivity contribution in [2.24, 2.45) is 0 Å². The Balaban J connectivity index is 2.07. The Hall–Kier alpha value is -0.0800. The highest BCUT2D eigenvalue weighted by Gasteiger charge is 2.32. The highest BCUT2D eigenvalue weighted by molar-refractivity contribution is 4.87. The summed E-state index contributed by atoms with van der Waals surface area (Å²) >= 11 is 0. The first kappa shape index (κ1) is 17.0. The van der Waals surface area contributed by atoms with Crippen molar-refractivity contribution in [3.05, 3.63) is 0 Å². The molecule has 1 saturated carbocycles. The molecule has 0 amide bonds. The second kappa shape index (κ2) is 9.77. The summed E-state index contributed by atoms with van der Waals surface area (Å²) in [5.74, 6) is 0. The predicted octanol–water partition coefficient (Wildman–Crippen LogP) is 4.41. The van der Waals surface area contributed by atoms with Gasteiger partial charge in [-0.25, -0.2) is 0 Å². The lowest BCUT2D eigenvalue weighted by molar-refractivity contribution is -0.0129. The minimum absolute atomic E-state index is 0.338. The van der Waals surface area contributed by atoms with Crippen molar-refractivity contribution >= 4 is 0 Å². The van der Waals surface area contributed by atoms with Gasteiger partial charge in [-0.2, -0.15) is 0 Å². The van der Waals surface area contributed by atoms with Crippen LogP contribution < -0.4 is 5.32 Å². The van der Waals surface area contributed by atoms with Crippen molar-refractivity contribution in [2.75, 3.05) is 6.54 Å². The molecule has 0 aromatic heterocycles. The van der Waals surface area contributed by atoms with E-state index in [0.717, 1.165) is 38.6 Å². The predicted molar refractivity (Wildman–Crippen MR) is 83.5 cm³/mol. The van der Waals surface area contributed by atoms with E-state index >= 15 is 0 Å². The van der Waals surface area contributed by atoms with Crippen LogP contribution in [0.1, 0.15) is 90.9 Å². The summed E-state index contributed by atoms with van der Waals surface area (Å²) in [4.78, 5) is 0. The summed E-state index contributed by atoms with van der Waals surface area (Å²) in [6.45, 7) is 5.60. The molecular formula is C17H35NO. The van der Waals surface area contributed by atoms with E-state index in [9.17, 15) is 5.11 Å². The van der Waals surface area contributed by atoms with E-state index in [0.29, 0.717) is 6.04 Å². The van der Waals surface area contributed by atoms with Crippen LogP contribution in [0.5, 0.6) is 0 Å². The fourth-order valence-corrected chi connectivity index (χ4v) is 3.19. The summed E-state index contributed by atoms with van der Waals surface area (Å²) in [7, 11) is 0. The van der Waals surface area contributed by atoms with Crippen molar-refractivity contribution in [3.63, 3.8) is 0 Å². The third-order valence-electron chi connectivity index (χ3n) is 4.60. The Kier molecular flexibility index (Phi) is 8.72. The largest absolute Gasteiger partial charge is 0.390 e. The van der Waals surface area contributed by atoms with Crippen LogP contribution in [0.3, 0.4) is 0 Å². The summed E-state index contributed by atoms with van der Waals surface area (Å²) in [6.07, 6.45) is 14.5. The summed E-state index contributed by atoms with van der Waals surface area (Å²) in [6, 6.07) is 0.657. The third-order valence-corrected chi connectivity index (χ3v) is 4.60. The van der Waals surface area contributed by atoms with E-state index < -0.39 is 0 Å². The zero-order valence-electron chi connectivity index (χ0n) is 13.2. The first-order valence-corrected chi connectivity index (χ1v) is 8.66. The third kappa shape index (κ3) is 7.31. The number of aliphatic hydroxyl groups is 1. The highest BCUT2D eigenvalue weighted by Crippen LogP contribution is 2.32. The zero-order valence-corrected chi connectivity index (χ0v) is 13.2. The van der Waals surface area contributed by atoms with Crippen molar-refractivity contribution in [3.8, 4) is 0 Å². The number of unbranched alkanes of at least 4 members (excludes halogenated alkanes) is 5. The molecule has 0 spiro atoms. The van der Waals surface area contributed by atoms with Crippen molar-refractivity contribution < 1.29 is 5.11 Å². The van der Waals surface area contributed by atoms with Crippen molar-refractivity contribution in [1.29, 1.82) is 0 Å². The molecule has 0 heterocycles. The first-order valence-electron chi connectivity index (χ1n) is 8.66. The molecule has 19 heavy (non-hydrogen) atoms. The van der Waals surface area contributed by atoms with Gasteiger partial charge in [-0.3, -0.25) is 0 Å². The lowest BCUT2D eigenvalue weighted by atomic mass is 9.79. The molecule has 0 aliphatic heterocycles. The topological polar surface area (TPSA) is 32.3 Å². The van der Waals surface area contributed by atoms with Crippen molar-refractivity contribution in [1.82, 2.24) is 5.32 Å². The Morgan fingerprint density at radius 2 is 1.58 bits per heavy atom. The normalized spacial score (nSPS) is 27.6. The van der Waals surface area contributed by atoms with Gasteiger partial charge in [0.05, 0.1) is 5.60 Å². The van der Waals surface area contributed by atoms with Crippen LogP contribution in [-0.4, -0.2) is 23.3 Å². The molecule has 114 valence electrons. The van der Waals surface area contributed by atoms with Gasteiger partial charge in [-0.1, -0.05) is 52.4 Å². The summed E-state index contributed by atoms with van der Waals surface area (Å²) in [5, 5.41) is 14.2. The minimum Gasteiger partial charge on any atom is -0.390 e. The molecule has 0 unspecified atom stereocenters. The SMILES string of the molecule is CCCCCCCCC1(O)CCC(NCCC)CC1. The van der Waals surface area contributed by atoms with Crippen molar-refractivity contribution in [2.45, 2.75) is 103 Å². The van der Waals surface area contributed by atoms with Gasteiger partial charge in [-0.05, 0) is 45.1 Å². The molecule has 1 aliphatic carbocycles. The van der Waals surface area contributed by atoms with E-state index in [4.69, 9.17) is 0 Å². The fourth-order valence-electron chi connectivity index (χ4n) is 3.19. The quantitative estimate of drug-likeness (QED) is 0.576. The smallest absolute Gasteiger partial charge is 0.0649 e. The molecule has 1 fully saturated rings. The molecule has 2 nitrogen and oxygen atoms in total. The van der Waals surface area contributed by atoms with Gasteiger partial charge in [0, 0.05) is 6.04 Å². The molecule has 2 N–H and O–H groups in total. The fraction of sp³-hybridized carbons (Fsp3) is 1.00. The van der Waals surface area contributed by atoms with Crippen LogP contribution in [0, 0.1) is 0 Å². The lowest BCUT2D eigenvalue weighted by Gasteiger charge is -2.36. The van der Waals surface area contributed by atoms with E-state index in [1.165, 1.54) is 44.9 Å². The van der Waals surface area contributed by atoms with Crippen LogP contribution in [0.15, 0.2) is 0 Å². The standard InChI is InChI=1S/C17H35NO/c1-3-5-6-7-8-9-12-17(19)13-10-16(11-14-17)18-15-4-2/h16,18-19H,3-15H2,1-2H3. The zero-order chi connectivity index (χ0) is 14.0. The maximum absolute atomic E-state index is 10.6. The highest BCUT2D eigenvalue weighted by atomic mass is 16.3. The molecule has 0 bridgehead atoms. The van der Waals surface area contributed by atoms with Gasteiger partial charge in [0.2, 0.25) is 0 Å². The van der Waals surface area contributed by atoms with Crippen LogP contribution >= 0.6 is 0 Å². The van der Waals surface area contributed by atoms with Gasteiger partial charge in [0.1, 0.15) is 0 Å². The molecule has 0 radical (unpaired) electrons. The molecule has 1 aliphatic rings.